The summed E-state index contributed by atoms with van der Waals surface area (Å²) in [6.45, 7) is 6.56. The largest absolute Gasteiger partial charge is 0.478 e. The Morgan fingerprint density at radius 2 is 1.84 bits per heavy atom. The van der Waals surface area contributed by atoms with Gasteiger partial charge in [0.2, 0.25) is 0 Å². The zero-order valence-corrected chi connectivity index (χ0v) is 11.6. The SMILES string of the molecule is CC(C=CC1(C)C=CC(=O)C(C)(C)C1=O)=CC(=O)O. The van der Waals surface area contributed by atoms with Crippen molar-refractivity contribution in [2.45, 2.75) is 27.7 Å². The molecule has 1 aliphatic rings. The third kappa shape index (κ3) is 3.08. The molecule has 0 aromatic rings. The van der Waals surface area contributed by atoms with E-state index in [-0.39, 0.29) is 11.6 Å². The summed E-state index contributed by atoms with van der Waals surface area (Å²) in [6.07, 6.45) is 7.26. The molecule has 0 spiro atoms. The van der Waals surface area contributed by atoms with Gasteiger partial charge in [0.05, 0.1) is 10.8 Å². The molecule has 1 unspecified atom stereocenters. The molecule has 1 N–H and O–H groups in total. The fourth-order valence-corrected chi connectivity index (χ4v) is 2.00. The van der Waals surface area contributed by atoms with Gasteiger partial charge in [-0.2, -0.15) is 0 Å². The van der Waals surface area contributed by atoms with Gasteiger partial charge in [0.15, 0.2) is 11.6 Å². The van der Waals surface area contributed by atoms with Crippen LogP contribution in [-0.4, -0.2) is 22.6 Å². The van der Waals surface area contributed by atoms with Gasteiger partial charge in [0.25, 0.3) is 0 Å². The maximum atomic E-state index is 12.4. The highest BCUT2D eigenvalue weighted by atomic mass is 16.4. The number of rotatable bonds is 3. The molecule has 1 aliphatic carbocycles. The Balaban J connectivity index is 3.10. The topological polar surface area (TPSA) is 71.4 Å². The average Bonchev–Trinajstić information content (AvgIpc) is 2.30. The zero-order chi connectivity index (χ0) is 14.8. The summed E-state index contributed by atoms with van der Waals surface area (Å²) in [7, 11) is 0. The third-order valence-corrected chi connectivity index (χ3v) is 3.30. The third-order valence-electron chi connectivity index (χ3n) is 3.30. The monoisotopic (exact) mass is 262 g/mol. The molecule has 0 fully saturated rings. The normalized spacial score (nSPS) is 27.1. The van der Waals surface area contributed by atoms with Crippen molar-refractivity contribution in [2.24, 2.45) is 10.8 Å². The summed E-state index contributed by atoms with van der Waals surface area (Å²) in [5, 5.41) is 8.62. The fourth-order valence-electron chi connectivity index (χ4n) is 2.00. The molecule has 0 heterocycles. The molecule has 0 aromatic heterocycles. The van der Waals surface area contributed by atoms with Crippen molar-refractivity contribution in [2.75, 3.05) is 0 Å². The Hall–Kier alpha value is -1.97. The van der Waals surface area contributed by atoms with Crippen molar-refractivity contribution in [1.82, 2.24) is 0 Å². The van der Waals surface area contributed by atoms with Crippen LogP contribution in [0.15, 0.2) is 36.0 Å². The molecule has 0 saturated carbocycles. The molecule has 4 heteroatoms. The minimum Gasteiger partial charge on any atom is -0.478 e. The van der Waals surface area contributed by atoms with Crippen LogP contribution < -0.4 is 0 Å². The van der Waals surface area contributed by atoms with Crippen LogP contribution in [0.3, 0.4) is 0 Å². The first-order valence-electron chi connectivity index (χ1n) is 5.98. The first-order valence-corrected chi connectivity index (χ1v) is 5.98. The van der Waals surface area contributed by atoms with Gasteiger partial charge in [0.1, 0.15) is 0 Å². The Morgan fingerprint density at radius 1 is 1.26 bits per heavy atom. The van der Waals surface area contributed by atoms with Gasteiger partial charge in [-0.15, -0.1) is 0 Å². The number of hydrogen-bond donors (Lipinski definition) is 1. The lowest BCUT2D eigenvalue weighted by molar-refractivity contribution is -0.140. The van der Waals surface area contributed by atoms with Gasteiger partial charge in [-0.25, -0.2) is 4.79 Å². The van der Waals surface area contributed by atoms with Crippen LogP contribution in [0.2, 0.25) is 0 Å². The molecular formula is C15H18O4. The number of ketones is 2. The van der Waals surface area contributed by atoms with E-state index < -0.39 is 16.8 Å². The summed E-state index contributed by atoms with van der Waals surface area (Å²) in [5.74, 6) is -1.43. The van der Waals surface area contributed by atoms with Crippen LogP contribution in [-0.2, 0) is 14.4 Å². The van der Waals surface area contributed by atoms with E-state index in [9.17, 15) is 14.4 Å². The van der Waals surface area contributed by atoms with Crippen LogP contribution in [0.5, 0.6) is 0 Å². The summed E-state index contributed by atoms with van der Waals surface area (Å²) >= 11 is 0. The van der Waals surface area contributed by atoms with E-state index >= 15 is 0 Å². The van der Waals surface area contributed by atoms with Crippen molar-refractivity contribution in [3.63, 3.8) is 0 Å². The highest BCUT2D eigenvalue weighted by Crippen LogP contribution is 2.37. The van der Waals surface area contributed by atoms with E-state index in [4.69, 9.17) is 5.11 Å². The highest BCUT2D eigenvalue weighted by Gasteiger charge is 2.46. The Kier molecular flexibility index (Phi) is 3.94. The van der Waals surface area contributed by atoms with E-state index in [1.165, 1.54) is 6.08 Å². The molecule has 0 aromatic carbocycles. The molecule has 1 rings (SSSR count). The lowest BCUT2D eigenvalue weighted by Crippen LogP contribution is -2.44. The number of carbonyl (C=O) groups is 3. The summed E-state index contributed by atoms with van der Waals surface area (Å²) in [4.78, 5) is 34.5. The Labute approximate surface area is 112 Å². The summed E-state index contributed by atoms with van der Waals surface area (Å²) in [6, 6.07) is 0. The molecule has 19 heavy (non-hydrogen) atoms. The van der Waals surface area contributed by atoms with E-state index in [1.807, 2.05) is 0 Å². The molecule has 102 valence electrons. The van der Waals surface area contributed by atoms with Gasteiger partial charge in [-0.05, 0) is 39.3 Å². The Bertz CT molecular complexity index is 520. The minimum atomic E-state index is -1.04. The zero-order valence-electron chi connectivity index (χ0n) is 11.6. The van der Waals surface area contributed by atoms with Crippen molar-refractivity contribution in [3.05, 3.63) is 36.0 Å². The first kappa shape index (κ1) is 15.1. The van der Waals surface area contributed by atoms with Crippen molar-refractivity contribution in [1.29, 1.82) is 0 Å². The van der Waals surface area contributed by atoms with Crippen LogP contribution in [0.1, 0.15) is 27.7 Å². The molecular weight excluding hydrogens is 244 g/mol. The summed E-state index contributed by atoms with van der Waals surface area (Å²) in [5.41, 5.74) is -1.40. The van der Waals surface area contributed by atoms with Crippen molar-refractivity contribution >= 4 is 17.5 Å². The van der Waals surface area contributed by atoms with E-state index in [0.29, 0.717) is 5.57 Å². The number of aliphatic carboxylic acids is 1. The number of carbonyl (C=O) groups excluding carboxylic acids is 2. The number of carboxylic acid groups (broad SMARTS) is 1. The highest BCUT2D eigenvalue weighted by molar-refractivity contribution is 6.16. The smallest absolute Gasteiger partial charge is 0.328 e. The average molecular weight is 262 g/mol. The van der Waals surface area contributed by atoms with Crippen LogP contribution >= 0.6 is 0 Å². The fraction of sp³-hybridized carbons (Fsp3) is 0.400. The second-order valence-electron chi connectivity index (χ2n) is 5.49. The van der Waals surface area contributed by atoms with E-state index in [1.54, 1.807) is 45.9 Å². The Morgan fingerprint density at radius 3 is 2.37 bits per heavy atom. The van der Waals surface area contributed by atoms with E-state index in [0.717, 1.165) is 6.08 Å². The number of allylic oxidation sites excluding steroid dienone is 5. The maximum absolute atomic E-state index is 12.4. The molecule has 0 saturated heterocycles. The van der Waals surface area contributed by atoms with Crippen molar-refractivity contribution in [3.8, 4) is 0 Å². The van der Waals surface area contributed by atoms with Crippen LogP contribution in [0.25, 0.3) is 0 Å². The second kappa shape index (κ2) is 4.96. The maximum Gasteiger partial charge on any atom is 0.328 e. The van der Waals surface area contributed by atoms with Gasteiger partial charge in [0, 0.05) is 6.08 Å². The molecule has 4 nitrogen and oxygen atoms in total. The predicted octanol–water partition coefficient (Wildman–Crippen LogP) is 2.31. The second-order valence-corrected chi connectivity index (χ2v) is 5.49. The number of Topliss-reactive ketones (excluding diaryl/α,β-unsaturated/α-hetero) is 1. The minimum absolute atomic E-state index is 0.188. The van der Waals surface area contributed by atoms with Gasteiger partial charge in [-0.3, -0.25) is 9.59 Å². The molecule has 0 amide bonds. The standard InChI is InChI=1S/C15H18O4/c1-10(9-12(17)18)5-7-15(4)8-6-11(16)14(2,3)13(15)19/h5-9H,1-4H3,(H,17,18). The van der Waals surface area contributed by atoms with Crippen molar-refractivity contribution < 1.29 is 19.5 Å². The first-order chi connectivity index (χ1) is 8.59. The number of carboxylic acids is 1. The van der Waals surface area contributed by atoms with Gasteiger partial charge < -0.3 is 5.11 Å². The lowest BCUT2D eigenvalue weighted by Gasteiger charge is -2.33. The molecule has 0 radical (unpaired) electrons. The van der Waals surface area contributed by atoms with Gasteiger partial charge >= 0.3 is 5.97 Å². The molecule has 0 aliphatic heterocycles. The number of hydrogen-bond acceptors (Lipinski definition) is 3. The van der Waals surface area contributed by atoms with Gasteiger partial charge in [-0.1, -0.05) is 18.2 Å². The summed E-state index contributed by atoms with van der Waals surface area (Å²) < 4.78 is 0. The van der Waals surface area contributed by atoms with Crippen LogP contribution in [0.4, 0.5) is 0 Å². The van der Waals surface area contributed by atoms with Crippen LogP contribution in [0, 0.1) is 10.8 Å². The van der Waals surface area contributed by atoms with E-state index in [2.05, 4.69) is 0 Å². The molecule has 1 atom stereocenters. The quantitative estimate of drug-likeness (QED) is 0.481. The predicted molar refractivity (Wildman–Crippen MR) is 71.6 cm³/mol. The molecule has 0 bridgehead atoms. The lowest BCUT2D eigenvalue weighted by atomic mass is 9.66.